The van der Waals surface area contributed by atoms with Crippen molar-refractivity contribution in [2.75, 3.05) is 40.3 Å². The molecule has 0 fully saturated rings. The summed E-state index contributed by atoms with van der Waals surface area (Å²) in [5.74, 6) is 0.489. The van der Waals surface area contributed by atoms with Crippen LogP contribution in [0.25, 0.3) is 0 Å². The number of hydrogen-bond donors (Lipinski definition) is 1. The van der Waals surface area contributed by atoms with Crippen molar-refractivity contribution >= 4 is 29.1 Å². The summed E-state index contributed by atoms with van der Waals surface area (Å²) in [6, 6.07) is 14.0. The van der Waals surface area contributed by atoms with E-state index in [-0.39, 0.29) is 11.8 Å². The Labute approximate surface area is 220 Å². The van der Waals surface area contributed by atoms with E-state index < -0.39 is 12.0 Å². The standard InChI is InChI=1S/C28H27ClN2O6/c1-34-21-14-22(35-2)20(13-19(21)29)30-27(32)25-17-11-23(36-3)24(37-4)12-18(17)28(33)31-10-9-15-7-5-6-8-16(15)26(25)31/h5-8,11-14,25-26H,9-10H2,1-4H3,(H,30,32)/t25-,26+/m1/s1. The Morgan fingerprint density at radius 3 is 2.27 bits per heavy atom. The smallest absolute Gasteiger partial charge is 0.254 e. The quantitative estimate of drug-likeness (QED) is 0.498. The third-order valence-electron chi connectivity index (χ3n) is 7.04. The van der Waals surface area contributed by atoms with Gasteiger partial charge in [0.1, 0.15) is 11.5 Å². The Bertz CT molecular complexity index is 1390. The Morgan fingerprint density at radius 2 is 1.57 bits per heavy atom. The maximum atomic E-state index is 14.1. The number of anilines is 1. The zero-order chi connectivity index (χ0) is 26.3. The van der Waals surface area contributed by atoms with Gasteiger partial charge in [0.05, 0.1) is 51.1 Å². The molecule has 2 aliphatic heterocycles. The Morgan fingerprint density at radius 1 is 0.892 bits per heavy atom. The molecule has 37 heavy (non-hydrogen) atoms. The first-order valence-corrected chi connectivity index (χ1v) is 12.2. The van der Waals surface area contributed by atoms with Crippen LogP contribution < -0.4 is 24.3 Å². The number of fused-ring (bicyclic) bond motifs is 4. The van der Waals surface area contributed by atoms with E-state index in [0.717, 1.165) is 11.1 Å². The molecule has 0 aliphatic carbocycles. The van der Waals surface area contributed by atoms with Gasteiger partial charge in [-0.25, -0.2) is 0 Å². The number of carbonyl (C=O) groups excluding carboxylic acids is 2. The molecule has 0 bridgehead atoms. The summed E-state index contributed by atoms with van der Waals surface area (Å²) < 4.78 is 21.8. The summed E-state index contributed by atoms with van der Waals surface area (Å²) in [6.07, 6.45) is 0.706. The van der Waals surface area contributed by atoms with Gasteiger partial charge in [-0.05, 0) is 41.3 Å². The molecule has 0 unspecified atom stereocenters. The van der Waals surface area contributed by atoms with Crippen LogP contribution in [-0.4, -0.2) is 51.7 Å². The molecule has 1 N–H and O–H groups in total. The van der Waals surface area contributed by atoms with Gasteiger partial charge in [0.25, 0.3) is 5.91 Å². The van der Waals surface area contributed by atoms with Gasteiger partial charge >= 0.3 is 0 Å². The lowest BCUT2D eigenvalue weighted by molar-refractivity contribution is -0.119. The molecule has 0 saturated heterocycles. The molecule has 3 aromatic rings. The number of rotatable bonds is 6. The normalized spacial score (nSPS) is 17.8. The fraction of sp³-hybridized carbons (Fsp3) is 0.286. The molecule has 0 saturated carbocycles. The van der Waals surface area contributed by atoms with Gasteiger partial charge < -0.3 is 29.2 Å². The lowest BCUT2D eigenvalue weighted by Gasteiger charge is -2.45. The molecule has 2 heterocycles. The Balaban J connectivity index is 1.67. The van der Waals surface area contributed by atoms with Gasteiger partial charge in [-0.2, -0.15) is 0 Å². The first-order valence-electron chi connectivity index (χ1n) is 11.8. The van der Waals surface area contributed by atoms with E-state index in [9.17, 15) is 9.59 Å². The molecule has 3 aromatic carbocycles. The van der Waals surface area contributed by atoms with E-state index >= 15 is 0 Å². The minimum Gasteiger partial charge on any atom is -0.495 e. The molecule has 8 nitrogen and oxygen atoms in total. The highest BCUT2D eigenvalue weighted by Gasteiger charge is 2.47. The van der Waals surface area contributed by atoms with Crippen LogP contribution in [0.4, 0.5) is 5.69 Å². The number of carbonyl (C=O) groups is 2. The zero-order valence-corrected chi connectivity index (χ0v) is 21.7. The number of amides is 2. The molecule has 9 heteroatoms. The zero-order valence-electron chi connectivity index (χ0n) is 21.0. The number of benzene rings is 3. The molecule has 2 amide bonds. The summed E-state index contributed by atoms with van der Waals surface area (Å²) in [5.41, 5.74) is 3.43. The summed E-state index contributed by atoms with van der Waals surface area (Å²) in [7, 11) is 6.05. The van der Waals surface area contributed by atoms with Gasteiger partial charge in [0, 0.05) is 18.2 Å². The van der Waals surface area contributed by atoms with Gasteiger partial charge in [0.2, 0.25) is 5.91 Å². The first kappa shape index (κ1) is 24.8. The van der Waals surface area contributed by atoms with Crippen molar-refractivity contribution in [2.24, 2.45) is 0 Å². The van der Waals surface area contributed by atoms with Crippen molar-refractivity contribution in [2.45, 2.75) is 18.4 Å². The van der Waals surface area contributed by atoms with Gasteiger partial charge in [-0.1, -0.05) is 35.9 Å². The second-order valence-corrected chi connectivity index (χ2v) is 9.25. The predicted octanol–water partition coefficient (Wildman–Crippen LogP) is 4.85. The van der Waals surface area contributed by atoms with E-state index in [0.29, 0.717) is 57.8 Å². The summed E-state index contributed by atoms with van der Waals surface area (Å²) in [6.45, 7) is 0.496. The predicted molar refractivity (Wildman–Crippen MR) is 139 cm³/mol. The summed E-state index contributed by atoms with van der Waals surface area (Å²) >= 11 is 6.36. The van der Waals surface area contributed by atoms with Crippen LogP contribution in [-0.2, 0) is 11.2 Å². The van der Waals surface area contributed by atoms with Crippen LogP contribution in [0.1, 0.15) is 39.0 Å². The van der Waals surface area contributed by atoms with Crippen molar-refractivity contribution < 1.29 is 28.5 Å². The van der Waals surface area contributed by atoms with Crippen molar-refractivity contribution in [1.29, 1.82) is 0 Å². The van der Waals surface area contributed by atoms with Crippen LogP contribution in [0.5, 0.6) is 23.0 Å². The van der Waals surface area contributed by atoms with E-state index in [1.165, 1.54) is 28.4 Å². The van der Waals surface area contributed by atoms with Gasteiger partial charge in [0.15, 0.2) is 11.5 Å². The average Bonchev–Trinajstić information content (AvgIpc) is 2.92. The maximum absolute atomic E-state index is 14.1. The van der Waals surface area contributed by atoms with E-state index in [4.69, 9.17) is 30.5 Å². The molecule has 5 rings (SSSR count). The van der Waals surface area contributed by atoms with Gasteiger partial charge in [-0.15, -0.1) is 0 Å². The van der Waals surface area contributed by atoms with Crippen molar-refractivity contribution in [3.05, 3.63) is 75.8 Å². The van der Waals surface area contributed by atoms with E-state index in [2.05, 4.69) is 5.32 Å². The average molecular weight is 523 g/mol. The Kier molecular flexibility index (Phi) is 6.60. The summed E-state index contributed by atoms with van der Waals surface area (Å²) in [5, 5.41) is 3.32. The van der Waals surface area contributed by atoms with Crippen LogP contribution >= 0.6 is 11.6 Å². The molecule has 2 aliphatic rings. The first-order chi connectivity index (χ1) is 17.9. The van der Waals surface area contributed by atoms with E-state index in [1.807, 2.05) is 24.3 Å². The van der Waals surface area contributed by atoms with Crippen LogP contribution in [0.3, 0.4) is 0 Å². The summed E-state index contributed by atoms with van der Waals surface area (Å²) in [4.78, 5) is 29.6. The van der Waals surface area contributed by atoms with E-state index in [1.54, 1.807) is 29.2 Å². The molecule has 2 atom stereocenters. The number of nitrogens with zero attached hydrogens (tertiary/aromatic N) is 1. The molecular weight excluding hydrogens is 496 g/mol. The molecule has 0 spiro atoms. The second-order valence-electron chi connectivity index (χ2n) is 8.84. The minimum absolute atomic E-state index is 0.149. The number of nitrogens with one attached hydrogen (secondary N) is 1. The Hall–Kier alpha value is -3.91. The highest BCUT2D eigenvalue weighted by molar-refractivity contribution is 6.32. The molecular formula is C28H27ClN2O6. The van der Waals surface area contributed by atoms with Crippen LogP contribution in [0.15, 0.2) is 48.5 Å². The topological polar surface area (TPSA) is 86.3 Å². The monoisotopic (exact) mass is 522 g/mol. The lowest BCUT2D eigenvalue weighted by atomic mass is 9.75. The largest absolute Gasteiger partial charge is 0.495 e. The number of methoxy groups -OCH3 is 4. The fourth-order valence-corrected chi connectivity index (χ4v) is 5.54. The molecule has 0 aromatic heterocycles. The minimum atomic E-state index is -0.737. The number of ether oxygens (including phenoxy) is 4. The second kappa shape index (κ2) is 9.86. The SMILES string of the molecule is COc1cc(OC)c(NC(=O)[C@@H]2c3cc(OC)c(OC)cc3C(=O)N3CCc4ccccc4[C@@H]23)cc1Cl. The molecule has 0 radical (unpaired) electrons. The lowest BCUT2D eigenvalue weighted by Crippen LogP contribution is -2.49. The third kappa shape index (κ3) is 4.11. The van der Waals surface area contributed by atoms with Crippen molar-refractivity contribution in [3.63, 3.8) is 0 Å². The van der Waals surface area contributed by atoms with Crippen molar-refractivity contribution in [1.82, 2.24) is 4.90 Å². The van der Waals surface area contributed by atoms with Gasteiger partial charge in [-0.3, -0.25) is 9.59 Å². The fourth-order valence-electron chi connectivity index (χ4n) is 5.30. The maximum Gasteiger partial charge on any atom is 0.254 e. The third-order valence-corrected chi connectivity index (χ3v) is 7.34. The number of halogens is 1. The highest BCUT2D eigenvalue weighted by atomic mass is 35.5. The highest BCUT2D eigenvalue weighted by Crippen LogP contribution is 2.49. The van der Waals surface area contributed by atoms with Crippen LogP contribution in [0, 0.1) is 0 Å². The van der Waals surface area contributed by atoms with Crippen LogP contribution in [0.2, 0.25) is 5.02 Å². The van der Waals surface area contributed by atoms with Crippen molar-refractivity contribution in [3.8, 4) is 23.0 Å². The number of hydrogen-bond acceptors (Lipinski definition) is 6. The molecule has 192 valence electrons.